The van der Waals surface area contributed by atoms with Crippen LogP contribution in [0.5, 0.6) is 0 Å². The molecule has 3 rings (SSSR count). The standard InChI is InChI=1S/C19H18FNO6S/c1-3-21-10-14(17(23)19(21)24)16(22)18-12(9-15(27-18)28(2,25)26)8-11-4-6-13(20)7-5-11/h4-7,9,14H,3,8,10H2,1-2H3. The average Bonchev–Trinajstić information content (AvgIpc) is 3.19. The summed E-state index contributed by atoms with van der Waals surface area (Å²) >= 11 is 0. The van der Waals surface area contributed by atoms with Gasteiger partial charge >= 0.3 is 0 Å². The van der Waals surface area contributed by atoms with Gasteiger partial charge in [-0.1, -0.05) is 12.1 Å². The summed E-state index contributed by atoms with van der Waals surface area (Å²) in [4.78, 5) is 38.3. The first kappa shape index (κ1) is 19.9. The molecule has 0 N–H and O–H groups in total. The molecule has 0 spiro atoms. The molecule has 1 atom stereocenters. The largest absolute Gasteiger partial charge is 0.441 e. The van der Waals surface area contributed by atoms with Crippen LogP contribution in [0.25, 0.3) is 0 Å². The molecule has 1 amide bonds. The van der Waals surface area contributed by atoms with Gasteiger partial charge < -0.3 is 9.32 Å². The molecule has 0 radical (unpaired) electrons. The van der Waals surface area contributed by atoms with Gasteiger partial charge in [0.1, 0.15) is 11.7 Å². The van der Waals surface area contributed by atoms with Crippen LogP contribution in [0.4, 0.5) is 4.39 Å². The van der Waals surface area contributed by atoms with Gasteiger partial charge in [0, 0.05) is 37.4 Å². The maximum absolute atomic E-state index is 13.1. The Bertz CT molecular complexity index is 1050. The van der Waals surface area contributed by atoms with Crippen LogP contribution < -0.4 is 0 Å². The number of benzene rings is 1. The predicted molar refractivity (Wildman–Crippen MR) is 96.1 cm³/mol. The van der Waals surface area contributed by atoms with Crippen LogP contribution in [-0.2, 0) is 25.8 Å². The van der Waals surface area contributed by atoms with E-state index < -0.39 is 44.1 Å². The fourth-order valence-corrected chi connectivity index (χ4v) is 3.66. The lowest BCUT2D eigenvalue weighted by molar-refractivity contribution is -0.140. The molecule has 2 heterocycles. The number of likely N-dealkylation sites (N-methyl/N-ethyl adjacent to an activating group) is 1. The molecule has 1 aliphatic rings. The first-order chi connectivity index (χ1) is 13.1. The first-order valence-electron chi connectivity index (χ1n) is 8.56. The highest BCUT2D eigenvalue weighted by molar-refractivity contribution is 7.90. The van der Waals surface area contributed by atoms with E-state index in [4.69, 9.17) is 4.42 Å². The van der Waals surface area contributed by atoms with Gasteiger partial charge in [0.05, 0.1) is 0 Å². The molecule has 0 bridgehead atoms. The molecule has 0 aliphatic carbocycles. The number of hydrogen-bond donors (Lipinski definition) is 0. The Morgan fingerprint density at radius 1 is 1.25 bits per heavy atom. The maximum atomic E-state index is 13.1. The Morgan fingerprint density at radius 2 is 1.89 bits per heavy atom. The lowest BCUT2D eigenvalue weighted by Gasteiger charge is -2.11. The van der Waals surface area contributed by atoms with Crippen LogP contribution >= 0.6 is 0 Å². The number of likely N-dealkylation sites (tertiary alicyclic amines) is 1. The third-order valence-corrected chi connectivity index (χ3v) is 5.53. The number of halogens is 1. The van der Waals surface area contributed by atoms with Gasteiger partial charge in [0.2, 0.25) is 26.5 Å². The van der Waals surface area contributed by atoms with E-state index in [1.807, 2.05) is 0 Å². The van der Waals surface area contributed by atoms with Crippen molar-refractivity contribution in [3.8, 4) is 0 Å². The summed E-state index contributed by atoms with van der Waals surface area (Å²) in [6.45, 7) is 1.90. The van der Waals surface area contributed by atoms with Crippen molar-refractivity contribution >= 4 is 27.3 Å². The summed E-state index contributed by atoms with van der Waals surface area (Å²) < 4.78 is 42.2. The number of furan rings is 1. The Morgan fingerprint density at radius 3 is 2.43 bits per heavy atom. The predicted octanol–water partition coefficient (Wildman–Crippen LogP) is 1.64. The molecular weight excluding hydrogens is 389 g/mol. The van der Waals surface area contributed by atoms with E-state index in [0.29, 0.717) is 5.56 Å². The van der Waals surface area contributed by atoms with Crippen molar-refractivity contribution in [1.29, 1.82) is 0 Å². The lowest BCUT2D eigenvalue weighted by Crippen LogP contribution is -2.26. The average molecular weight is 407 g/mol. The van der Waals surface area contributed by atoms with E-state index in [-0.39, 0.29) is 30.8 Å². The SMILES string of the molecule is CCN1CC(C(=O)c2oc(S(C)(=O)=O)cc2Cc2ccc(F)cc2)C(=O)C1=O. The van der Waals surface area contributed by atoms with E-state index in [1.54, 1.807) is 6.92 Å². The molecule has 0 saturated carbocycles. The highest BCUT2D eigenvalue weighted by Crippen LogP contribution is 2.27. The third kappa shape index (κ3) is 3.75. The Labute approximate surface area is 161 Å². The van der Waals surface area contributed by atoms with E-state index in [2.05, 4.69) is 0 Å². The van der Waals surface area contributed by atoms with Crippen molar-refractivity contribution < 1.29 is 31.6 Å². The zero-order valence-electron chi connectivity index (χ0n) is 15.3. The molecule has 1 aromatic carbocycles. The second kappa shape index (κ2) is 7.31. The van der Waals surface area contributed by atoms with Crippen LogP contribution in [0.1, 0.15) is 28.6 Å². The second-order valence-corrected chi connectivity index (χ2v) is 8.57. The fraction of sp³-hybridized carbons (Fsp3) is 0.316. The van der Waals surface area contributed by atoms with Crippen LogP contribution in [0, 0.1) is 11.7 Å². The van der Waals surface area contributed by atoms with Crippen molar-refractivity contribution in [2.24, 2.45) is 5.92 Å². The Kier molecular flexibility index (Phi) is 5.20. The quantitative estimate of drug-likeness (QED) is 0.410. The maximum Gasteiger partial charge on any atom is 0.290 e. The van der Waals surface area contributed by atoms with Gasteiger partial charge in [0.15, 0.2) is 5.76 Å². The van der Waals surface area contributed by atoms with E-state index >= 15 is 0 Å². The summed E-state index contributed by atoms with van der Waals surface area (Å²) in [6, 6.07) is 6.71. The third-order valence-electron chi connectivity index (χ3n) is 4.60. The van der Waals surface area contributed by atoms with E-state index in [9.17, 15) is 27.2 Å². The molecule has 1 saturated heterocycles. The van der Waals surface area contributed by atoms with Gasteiger partial charge in [-0.2, -0.15) is 0 Å². The number of amides is 1. The number of nitrogens with zero attached hydrogens (tertiary/aromatic N) is 1. The number of ketones is 2. The van der Waals surface area contributed by atoms with Crippen molar-refractivity contribution in [2.45, 2.75) is 18.4 Å². The van der Waals surface area contributed by atoms with Gasteiger partial charge in [-0.3, -0.25) is 14.4 Å². The molecule has 1 aliphatic heterocycles. The first-order valence-corrected chi connectivity index (χ1v) is 10.5. The van der Waals surface area contributed by atoms with Crippen molar-refractivity contribution in [1.82, 2.24) is 4.90 Å². The van der Waals surface area contributed by atoms with Crippen LogP contribution in [0.2, 0.25) is 0 Å². The molecule has 1 fully saturated rings. The molecule has 148 valence electrons. The topological polar surface area (TPSA) is 102 Å². The fourth-order valence-electron chi connectivity index (χ4n) is 3.07. The smallest absolute Gasteiger partial charge is 0.290 e. The molecular formula is C19H18FNO6S. The number of carbonyl (C=O) groups excluding carboxylic acids is 3. The van der Waals surface area contributed by atoms with E-state index in [1.165, 1.54) is 35.2 Å². The van der Waals surface area contributed by atoms with Crippen molar-refractivity contribution in [2.75, 3.05) is 19.3 Å². The van der Waals surface area contributed by atoms with Crippen LogP contribution in [0.3, 0.4) is 0 Å². The summed E-state index contributed by atoms with van der Waals surface area (Å²) in [6.07, 6.45) is 1.04. The van der Waals surface area contributed by atoms with Gasteiger partial charge in [-0.25, -0.2) is 12.8 Å². The second-order valence-electron chi connectivity index (χ2n) is 6.62. The van der Waals surface area contributed by atoms with Crippen LogP contribution in [-0.4, -0.2) is 50.1 Å². The highest BCUT2D eigenvalue weighted by Gasteiger charge is 2.44. The molecule has 2 aromatic rings. The lowest BCUT2D eigenvalue weighted by atomic mass is 9.96. The number of carbonyl (C=O) groups is 3. The van der Waals surface area contributed by atoms with Crippen molar-refractivity contribution in [3.05, 3.63) is 53.0 Å². The summed E-state index contributed by atoms with van der Waals surface area (Å²) in [5.41, 5.74) is 0.882. The number of hydrogen-bond acceptors (Lipinski definition) is 6. The normalized spacial score (nSPS) is 17.4. The zero-order chi connectivity index (χ0) is 20.6. The molecule has 7 nitrogen and oxygen atoms in total. The van der Waals surface area contributed by atoms with Gasteiger partial charge in [-0.15, -0.1) is 0 Å². The number of sulfone groups is 1. The number of rotatable bonds is 6. The monoisotopic (exact) mass is 407 g/mol. The minimum atomic E-state index is -3.74. The summed E-state index contributed by atoms with van der Waals surface area (Å²) in [7, 11) is -3.74. The Hall–Kier alpha value is -2.81. The molecule has 28 heavy (non-hydrogen) atoms. The van der Waals surface area contributed by atoms with Gasteiger partial charge in [-0.05, 0) is 24.6 Å². The Balaban J connectivity index is 2.00. The van der Waals surface area contributed by atoms with Gasteiger partial charge in [0.25, 0.3) is 5.91 Å². The van der Waals surface area contributed by atoms with E-state index in [0.717, 1.165) is 6.26 Å². The summed E-state index contributed by atoms with van der Waals surface area (Å²) in [5, 5.41) is -0.405. The molecule has 1 unspecified atom stereocenters. The van der Waals surface area contributed by atoms with Crippen LogP contribution in [0.15, 0.2) is 39.8 Å². The minimum Gasteiger partial charge on any atom is -0.441 e. The van der Waals surface area contributed by atoms with Crippen molar-refractivity contribution in [3.63, 3.8) is 0 Å². The highest BCUT2D eigenvalue weighted by atomic mass is 32.2. The zero-order valence-corrected chi connectivity index (χ0v) is 16.1. The summed E-state index contributed by atoms with van der Waals surface area (Å²) in [5.74, 6) is -4.25. The molecule has 1 aromatic heterocycles. The number of Topliss-reactive ketones (excluding diaryl/α,β-unsaturated/α-hetero) is 2. The minimum absolute atomic E-state index is 0.0715. The molecule has 9 heteroatoms.